The number of carboxylic acid groups (broad SMARTS) is 2. The molecule has 6 nitrogen and oxygen atoms in total. The fraction of sp³-hybridized carbons (Fsp3) is 0.433. The Morgan fingerprint density at radius 1 is 0.725 bits per heavy atom. The summed E-state index contributed by atoms with van der Waals surface area (Å²) < 4.78 is 13.7. The van der Waals surface area contributed by atoms with Crippen LogP contribution < -0.4 is 29.6 Å². The van der Waals surface area contributed by atoms with Gasteiger partial charge in [-0.3, -0.25) is 4.79 Å². The van der Waals surface area contributed by atoms with E-state index in [1.807, 2.05) is 12.1 Å². The number of ketones is 1. The smallest absolute Gasteiger partial charge is 0.870 e. The number of carbonyl (C=O) groups excluding carboxylic acids is 1. The first kappa shape index (κ1) is 38.1. The van der Waals surface area contributed by atoms with Crippen LogP contribution in [-0.2, 0) is 6.42 Å². The van der Waals surface area contributed by atoms with Crippen LogP contribution in [0.25, 0.3) is 0 Å². The molecule has 0 aliphatic heterocycles. The van der Waals surface area contributed by atoms with Gasteiger partial charge in [0.1, 0.15) is 10.7 Å². The van der Waals surface area contributed by atoms with Crippen LogP contribution in [0.15, 0.2) is 30.3 Å². The van der Waals surface area contributed by atoms with Crippen molar-refractivity contribution in [2.45, 2.75) is 85.5 Å². The van der Waals surface area contributed by atoms with Crippen LogP contribution in [0.5, 0.6) is 0 Å². The summed E-state index contributed by atoms with van der Waals surface area (Å²) in [5, 5.41) is 17.7. The second-order valence-electron chi connectivity index (χ2n) is 10.5. The fourth-order valence-electron chi connectivity index (χ4n) is 4.00. The summed E-state index contributed by atoms with van der Waals surface area (Å²) in [5.74, 6) is -1.52. The Labute approximate surface area is 266 Å². The van der Waals surface area contributed by atoms with Gasteiger partial charge in [-0.1, -0.05) is 61.5 Å². The first-order valence-corrected chi connectivity index (χ1v) is 14.3. The minimum Gasteiger partial charge on any atom is -0.870 e. The molecule has 40 heavy (non-hydrogen) atoms. The Hall–Kier alpha value is -1.88. The third kappa shape index (κ3) is 9.89. The Morgan fingerprint density at radius 3 is 1.52 bits per heavy atom. The van der Waals surface area contributed by atoms with E-state index in [1.165, 1.54) is 55.7 Å². The molecule has 0 bridgehead atoms. The summed E-state index contributed by atoms with van der Waals surface area (Å²) in [6.45, 7) is 16.8. The Kier molecular flexibility index (Phi) is 15.8. The number of carbonyl (C=O) groups is 3. The van der Waals surface area contributed by atoms with Crippen LogP contribution in [-0.4, -0.2) is 33.4 Å². The largest absolute Gasteiger partial charge is 1.00 e. The van der Waals surface area contributed by atoms with E-state index in [0.29, 0.717) is 39.0 Å². The number of benzene rings is 1. The van der Waals surface area contributed by atoms with Crippen molar-refractivity contribution in [3.05, 3.63) is 77.9 Å². The topological polar surface area (TPSA) is 122 Å². The maximum absolute atomic E-state index is 13.7. The zero-order chi connectivity index (χ0) is 28.9. The van der Waals surface area contributed by atoms with Crippen molar-refractivity contribution in [1.82, 2.24) is 0 Å². The zero-order valence-corrected chi connectivity index (χ0v) is 28.3. The van der Waals surface area contributed by atoms with E-state index in [4.69, 9.17) is 10.2 Å². The normalized spacial score (nSPS) is 10.7. The fourth-order valence-corrected chi connectivity index (χ4v) is 6.42. The van der Waals surface area contributed by atoms with Gasteiger partial charge in [-0.25, -0.2) is 14.0 Å². The van der Waals surface area contributed by atoms with Gasteiger partial charge in [-0.2, -0.15) is 0 Å². The molecule has 0 saturated carbocycles. The van der Waals surface area contributed by atoms with Crippen LogP contribution in [0.1, 0.15) is 135 Å². The van der Waals surface area contributed by atoms with E-state index in [9.17, 15) is 18.8 Å². The summed E-state index contributed by atoms with van der Waals surface area (Å²) in [6.07, 6.45) is 0.0619. The summed E-state index contributed by atoms with van der Waals surface area (Å²) in [4.78, 5) is 37.7. The van der Waals surface area contributed by atoms with Gasteiger partial charge in [0.05, 0.1) is 10.4 Å². The molecular formula is C30H38FNaO6S2. The summed E-state index contributed by atoms with van der Waals surface area (Å²) in [7, 11) is 0. The molecule has 0 spiro atoms. The summed E-state index contributed by atoms with van der Waals surface area (Å²) in [5.41, 5.74) is 2.47. The maximum Gasteiger partial charge on any atom is 1.00 e. The SMILES string of the molecule is CC(C)c1cc(C(=O)Cc2ccc(C(=O)O)c(F)c2)sc1C(C)C.CC(C)c1cc(C(=O)O)sc1C(C)C.[Na+].[OH-]. The Bertz CT molecular complexity index is 1260. The molecule has 0 saturated heterocycles. The Balaban J connectivity index is 0.000000819. The van der Waals surface area contributed by atoms with Crippen LogP contribution in [0, 0.1) is 5.82 Å². The summed E-state index contributed by atoms with van der Waals surface area (Å²) in [6, 6.07) is 7.57. The molecule has 0 aliphatic rings. The second kappa shape index (κ2) is 16.5. The molecule has 3 N–H and O–H groups in total. The minimum absolute atomic E-state index is 0. The van der Waals surface area contributed by atoms with Gasteiger partial charge < -0.3 is 15.7 Å². The molecule has 0 fully saturated rings. The molecule has 1 aromatic carbocycles. The molecule has 2 heterocycles. The molecule has 3 aromatic rings. The average molecular weight is 601 g/mol. The average Bonchev–Trinajstić information content (AvgIpc) is 3.45. The van der Waals surface area contributed by atoms with E-state index >= 15 is 0 Å². The third-order valence-corrected chi connectivity index (χ3v) is 8.92. The molecule has 0 atom stereocenters. The number of rotatable bonds is 9. The number of carboxylic acids is 2. The molecule has 2 aromatic heterocycles. The molecule has 3 rings (SSSR count). The predicted molar refractivity (Wildman–Crippen MR) is 155 cm³/mol. The molecular weight excluding hydrogens is 562 g/mol. The van der Waals surface area contributed by atoms with Crippen molar-refractivity contribution < 1.29 is 64.0 Å². The van der Waals surface area contributed by atoms with E-state index in [1.54, 1.807) is 0 Å². The standard InChI is InChI=1S/C19H21FO3S.C11H16O2S.Na.H2O/c1-10(2)14-9-17(24-18(14)11(3)4)16(21)8-12-5-6-13(19(22)23)15(20)7-12;1-6(2)8-5-9(11(12)13)14-10(8)7(3)4;;/h5-7,9-11H,8H2,1-4H3,(H,22,23);5-7H,1-4H3,(H,12,13);;1H2/q;;+1;/p-1. The van der Waals surface area contributed by atoms with Gasteiger partial charge in [0.15, 0.2) is 5.78 Å². The van der Waals surface area contributed by atoms with Gasteiger partial charge >= 0.3 is 41.5 Å². The third-order valence-electron chi connectivity index (χ3n) is 5.99. The number of halogens is 1. The zero-order valence-electron chi connectivity index (χ0n) is 24.7. The van der Waals surface area contributed by atoms with Crippen molar-refractivity contribution in [1.29, 1.82) is 0 Å². The summed E-state index contributed by atoms with van der Waals surface area (Å²) >= 11 is 2.90. The van der Waals surface area contributed by atoms with Crippen molar-refractivity contribution in [3.8, 4) is 0 Å². The Morgan fingerprint density at radius 2 is 1.18 bits per heavy atom. The first-order chi connectivity index (χ1) is 17.6. The van der Waals surface area contributed by atoms with Crippen LogP contribution in [0.4, 0.5) is 4.39 Å². The number of hydrogen-bond donors (Lipinski definition) is 2. The van der Waals surface area contributed by atoms with Gasteiger partial charge in [0, 0.05) is 16.2 Å². The molecule has 214 valence electrons. The van der Waals surface area contributed by atoms with E-state index in [2.05, 4.69) is 55.4 Å². The minimum atomic E-state index is -1.31. The molecule has 10 heteroatoms. The van der Waals surface area contributed by atoms with Gasteiger partial charge in [0.2, 0.25) is 0 Å². The van der Waals surface area contributed by atoms with Crippen LogP contribution in [0.2, 0.25) is 0 Å². The monoisotopic (exact) mass is 600 g/mol. The van der Waals surface area contributed by atoms with Crippen molar-refractivity contribution >= 4 is 40.4 Å². The van der Waals surface area contributed by atoms with Gasteiger partial charge in [0.25, 0.3) is 0 Å². The van der Waals surface area contributed by atoms with Crippen molar-refractivity contribution in [3.63, 3.8) is 0 Å². The number of Topliss-reactive ketones (excluding diaryl/α,β-unsaturated/α-hetero) is 1. The van der Waals surface area contributed by atoms with Crippen molar-refractivity contribution in [2.24, 2.45) is 0 Å². The molecule has 0 amide bonds. The van der Waals surface area contributed by atoms with E-state index < -0.39 is 17.8 Å². The molecule has 0 aliphatic carbocycles. The van der Waals surface area contributed by atoms with Gasteiger partial charge in [-0.05, 0) is 64.6 Å². The molecule has 0 radical (unpaired) electrons. The van der Waals surface area contributed by atoms with E-state index in [-0.39, 0.29) is 52.8 Å². The van der Waals surface area contributed by atoms with Gasteiger partial charge in [-0.15, -0.1) is 22.7 Å². The quantitative estimate of drug-likeness (QED) is 0.237. The second-order valence-corrected chi connectivity index (χ2v) is 12.7. The number of thiophene rings is 2. The first-order valence-electron chi connectivity index (χ1n) is 12.7. The van der Waals surface area contributed by atoms with Crippen molar-refractivity contribution in [2.75, 3.05) is 0 Å². The predicted octanol–water partition coefficient (Wildman–Crippen LogP) is 5.78. The molecule has 0 unspecified atom stereocenters. The van der Waals surface area contributed by atoms with Crippen LogP contribution in [0.3, 0.4) is 0 Å². The van der Waals surface area contributed by atoms with Crippen LogP contribution >= 0.6 is 22.7 Å². The number of aromatic carboxylic acids is 2. The maximum atomic E-state index is 13.7. The number of hydrogen-bond acceptors (Lipinski definition) is 6. The van der Waals surface area contributed by atoms with E-state index in [0.717, 1.165) is 6.07 Å².